The van der Waals surface area contributed by atoms with Crippen LogP contribution in [0, 0.1) is 0 Å². The normalized spacial score (nSPS) is 15.8. The van der Waals surface area contributed by atoms with Crippen molar-refractivity contribution in [1.29, 1.82) is 0 Å². The number of amides is 1. The second kappa shape index (κ2) is 7.38. The molecule has 1 fully saturated rings. The average Bonchev–Trinajstić information content (AvgIpc) is 2.48. The quantitative estimate of drug-likeness (QED) is 0.818. The minimum atomic E-state index is 0.153. The Labute approximate surface area is 130 Å². The van der Waals surface area contributed by atoms with Crippen LogP contribution >= 0.6 is 12.2 Å². The lowest BCUT2D eigenvalue weighted by atomic mass is 10.2. The van der Waals surface area contributed by atoms with Gasteiger partial charge < -0.3 is 15.4 Å². The van der Waals surface area contributed by atoms with Crippen molar-refractivity contribution >= 4 is 23.1 Å². The summed E-state index contributed by atoms with van der Waals surface area (Å²) in [6.45, 7) is 6.47. The first kappa shape index (κ1) is 15.7. The Hall–Kier alpha value is -1.66. The second-order valence-corrected chi connectivity index (χ2v) is 5.53. The van der Waals surface area contributed by atoms with Crippen LogP contribution in [0.4, 0.5) is 0 Å². The lowest BCUT2D eigenvalue weighted by Crippen LogP contribution is -2.48. The summed E-state index contributed by atoms with van der Waals surface area (Å²) in [5, 5.41) is 0. The zero-order valence-electron chi connectivity index (χ0n) is 12.2. The van der Waals surface area contributed by atoms with Gasteiger partial charge in [0, 0.05) is 45.2 Å². The summed E-state index contributed by atoms with van der Waals surface area (Å²) in [7, 11) is 0. The summed E-state index contributed by atoms with van der Waals surface area (Å²) in [5.41, 5.74) is 6.42. The Morgan fingerprint density at radius 1 is 1.33 bits per heavy atom. The molecule has 5 nitrogen and oxygen atoms in total. The Bertz CT molecular complexity index is 513. The van der Waals surface area contributed by atoms with E-state index in [1.165, 1.54) is 0 Å². The fourth-order valence-corrected chi connectivity index (χ4v) is 2.45. The molecule has 0 aliphatic carbocycles. The number of rotatable bonds is 5. The Balaban J connectivity index is 1.74. The number of carbonyl (C=O) groups is 1. The van der Waals surface area contributed by atoms with E-state index in [0.29, 0.717) is 11.6 Å². The number of hydrogen-bond donors (Lipinski definition) is 1. The second-order valence-electron chi connectivity index (χ2n) is 5.09. The van der Waals surface area contributed by atoms with Crippen molar-refractivity contribution < 1.29 is 9.53 Å². The number of carbonyl (C=O) groups excluding carboxylic acids is 1. The van der Waals surface area contributed by atoms with E-state index in [9.17, 15) is 4.79 Å². The zero-order chi connectivity index (χ0) is 15.2. The first-order valence-corrected chi connectivity index (χ1v) is 7.47. The first-order chi connectivity index (χ1) is 10.1. The Kier molecular flexibility index (Phi) is 5.52. The summed E-state index contributed by atoms with van der Waals surface area (Å²) in [6.07, 6.45) is 0. The third kappa shape index (κ3) is 4.68. The molecule has 1 aliphatic heterocycles. The molecule has 21 heavy (non-hydrogen) atoms. The van der Waals surface area contributed by atoms with E-state index in [-0.39, 0.29) is 5.91 Å². The number of thiocarbonyl (C=S) groups is 1. The van der Waals surface area contributed by atoms with Crippen molar-refractivity contribution in [2.24, 2.45) is 5.73 Å². The summed E-state index contributed by atoms with van der Waals surface area (Å²) < 4.78 is 5.74. The molecule has 0 saturated carbocycles. The van der Waals surface area contributed by atoms with Crippen LogP contribution in [0.1, 0.15) is 12.5 Å². The van der Waals surface area contributed by atoms with E-state index in [1.807, 2.05) is 29.2 Å². The minimum Gasteiger partial charge on any atom is -0.492 e. The van der Waals surface area contributed by atoms with Crippen molar-refractivity contribution in [2.75, 3.05) is 39.3 Å². The maximum Gasteiger partial charge on any atom is 0.219 e. The lowest BCUT2D eigenvalue weighted by molar-refractivity contribution is -0.130. The van der Waals surface area contributed by atoms with Crippen LogP contribution in [0.15, 0.2) is 24.3 Å². The highest BCUT2D eigenvalue weighted by molar-refractivity contribution is 7.80. The SMILES string of the molecule is CC(=O)N1CCN(CCOc2cccc(C(N)=S)c2)CC1. The van der Waals surface area contributed by atoms with Gasteiger partial charge >= 0.3 is 0 Å². The third-order valence-electron chi connectivity index (χ3n) is 3.61. The van der Waals surface area contributed by atoms with Crippen molar-refractivity contribution in [3.63, 3.8) is 0 Å². The molecule has 6 heteroatoms. The summed E-state index contributed by atoms with van der Waals surface area (Å²) >= 11 is 4.95. The predicted molar refractivity (Wildman–Crippen MR) is 86.5 cm³/mol. The Morgan fingerprint density at radius 2 is 2.05 bits per heavy atom. The highest BCUT2D eigenvalue weighted by Crippen LogP contribution is 2.13. The van der Waals surface area contributed by atoms with Gasteiger partial charge in [-0.15, -0.1) is 0 Å². The average molecular weight is 307 g/mol. The predicted octanol–water partition coefficient (Wildman–Crippen LogP) is 0.864. The number of nitrogens with zero attached hydrogens (tertiary/aromatic N) is 2. The van der Waals surface area contributed by atoms with Crippen molar-refractivity contribution in [3.8, 4) is 5.75 Å². The summed E-state index contributed by atoms with van der Waals surface area (Å²) in [5.74, 6) is 0.933. The largest absolute Gasteiger partial charge is 0.492 e. The summed E-state index contributed by atoms with van der Waals surface area (Å²) in [4.78, 5) is 15.8. The highest BCUT2D eigenvalue weighted by Gasteiger charge is 2.17. The molecule has 2 N–H and O–H groups in total. The van der Waals surface area contributed by atoms with Crippen LogP contribution < -0.4 is 10.5 Å². The summed E-state index contributed by atoms with van der Waals surface area (Å²) in [6, 6.07) is 7.51. The van der Waals surface area contributed by atoms with E-state index in [2.05, 4.69) is 4.90 Å². The minimum absolute atomic E-state index is 0.153. The molecule has 0 unspecified atom stereocenters. The number of hydrogen-bond acceptors (Lipinski definition) is 4. The maximum absolute atomic E-state index is 11.3. The molecule has 114 valence electrons. The van der Waals surface area contributed by atoms with Crippen molar-refractivity contribution in [1.82, 2.24) is 9.80 Å². The molecule has 1 heterocycles. The number of nitrogens with two attached hydrogens (primary N) is 1. The van der Waals surface area contributed by atoms with E-state index < -0.39 is 0 Å². The van der Waals surface area contributed by atoms with Gasteiger partial charge in [-0.3, -0.25) is 9.69 Å². The fourth-order valence-electron chi connectivity index (χ4n) is 2.32. The Morgan fingerprint density at radius 3 is 2.67 bits per heavy atom. The number of benzene rings is 1. The van der Waals surface area contributed by atoms with E-state index in [4.69, 9.17) is 22.7 Å². The van der Waals surface area contributed by atoms with Crippen LogP contribution in [0.5, 0.6) is 5.75 Å². The van der Waals surface area contributed by atoms with Gasteiger partial charge in [0.05, 0.1) is 0 Å². The van der Waals surface area contributed by atoms with Crippen LogP contribution in [-0.4, -0.2) is 60.0 Å². The lowest BCUT2D eigenvalue weighted by Gasteiger charge is -2.34. The molecule has 1 aromatic carbocycles. The topological polar surface area (TPSA) is 58.8 Å². The molecular formula is C15H21N3O2S. The smallest absolute Gasteiger partial charge is 0.219 e. The first-order valence-electron chi connectivity index (χ1n) is 7.07. The van der Waals surface area contributed by atoms with Gasteiger partial charge in [0.15, 0.2) is 0 Å². The molecule has 0 bridgehead atoms. The van der Waals surface area contributed by atoms with Crippen LogP contribution in [0.2, 0.25) is 0 Å². The zero-order valence-corrected chi connectivity index (χ0v) is 13.1. The number of ether oxygens (including phenoxy) is 1. The molecule has 1 saturated heterocycles. The molecule has 0 aromatic heterocycles. The van der Waals surface area contributed by atoms with Gasteiger partial charge in [0.1, 0.15) is 17.3 Å². The molecule has 0 spiro atoms. The fraction of sp³-hybridized carbons (Fsp3) is 0.467. The van der Waals surface area contributed by atoms with Gasteiger partial charge in [-0.1, -0.05) is 24.4 Å². The molecule has 2 rings (SSSR count). The molecule has 0 atom stereocenters. The standard InChI is InChI=1S/C15H21N3O2S/c1-12(19)18-7-5-17(6-8-18)9-10-20-14-4-2-3-13(11-14)15(16)21/h2-4,11H,5-10H2,1H3,(H2,16,21). The van der Waals surface area contributed by atoms with Crippen LogP contribution in [0.3, 0.4) is 0 Å². The van der Waals surface area contributed by atoms with Gasteiger partial charge in [-0.25, -0.2) is 0 Å². The van der Waals surface area contributed by atoms with Crippen molar-refractivity contribution in [3.05, 3.63) is 29.8 Å². The molecule has 0 radical (unpaired) electrons. The molecule has 1 aromatic rings. The maximum atomic E-state index is 11.3. The molecule has 1 aliphatic rings. The van der Waals surface area contributed by atoms with Crippen molar-refractivity contribution in [2.45, 2.75) is 6.92 Å². The van der Waals surface area contributed by atoms with E-state index >= 15 is 0 Å². The van der Waals surface area contributed by atoms with E-state index in [0.717, 1.165) is 44.0 Å². The molecule has 1 amide bonds. The van der Waals surface area contributed by atoms with Crippen LogP contribution in [0.25, 0.3) is 0 Å². The van der Waals surface area contributed by atoms with Crippen LogP contribution in [-0.2, 0) is 4.79 Å². The van der Waals surface area contributed by atoms with Gasteiger partial charge in [0.2, 0.25) is 5.91 Å². The third-order valence-corrected chi connectivity index (χ3v) is 3.85. The monoisotopic (exact) mass is 307 g/mol. The van der Waals surface area contributed by atoms with Gasteiger partial charge in [0.25, 0.3) is 0 Å². The van der Waals surface area contributed by atoms with Gasteiger partial charge in [-0.05, 0) is 12.1 Å². The molecular weight excluding hydrogens is 286 g/mol. The number of piperazine rings is 1. The highest BCUT2D eigenvalue weighted by atomic mass is 32.1. The van der Waals surface area contributed by atoms with E-state index in [1.54, 1.807) is 6.92 Å². The van der Waals surface area contributed by atoms with Gasteiger partial charge in [-0.2, -0.15) is 0 Å².